The number of halogens is 2. The second-order valence-electron chi connectivity index (χ2n) is 3.51. The van der Waals surface area contributed by atoms with Gasteiger partial charge in [0, 0.05) is 12.7 Å². The average Bonchev–Trinajstić information content (AvgIpc) is 2.69. The van der Waals surface area contributed by atoms with Gasteiger partial charge in [-0.2, -0.15) is 0 Å². The van der Waals surface area contributed by atoms with Crippen LogP contribution in [0, 0.1) is 0 Å². The maximum atomic E-state index is 5.99. The zero-order valence-corrected chi connectivity index (χ0v) is 11.7. The Morgan fingerprint density at radius 3 is 2.82 bits per heavy atom. The monoisotopic (exact) mass is 314 g/mol. The van der Waals surface area contributed by atoms with Crippen LogP contribution in [0.3, 0.4) is 0 Å². The molecule has 1 aromatic heterocycles. The molecule has 0 radical (unpaired) electrons. The summed E-state index contributed by atoms with van der Waals surface area (Å²) < 4.78 is 8.43. The van der Waals surface area contributed by atoms with Crippen LogP contribution in [0.15, 0.2) is 35.2 Å². The highest BCUT2D eigenvalue weighted by Crippen LogP contribution is 2.24. The molecule has 17 heavy (non-hydrogen) atoms. The van der Waals surface area contributed by atoms with Gasteiger partial charge in [-0.15, -0.1) is 0 Å². The minimum absolute atomic E-state index is 0.412. The molecule has 0 amide bonds. The second kappa shape index (κ2) is 5.56. The van der Waals surface area contributed by atoms with Crippen LogP contribution in [0.4, 0.5) is 0 Å². The van der Waals surface area contributed by atoms with Gasteiger partial charge in [-0.1, -0.05) is 23.7 Å². The lowest BCUT2D eigenvalue weighted by molar-refractivity contribution is 0.302. The summed E-state index contributed by atoms with van der Waals surface area (Å²) in [5, 5.41) is 0.612. The van der Waals surface area contributed by atoms with E-state index < -0.39 is 0 Å². The molecule has 0 N–H and O–H groups in total. The fourth-order valence-corrected chi connectivity index (χ4v) is 2.22. The summed E-state index contributed by atoms with van der Waals surface area (Å²) in [5.41, 5.74) is 0.874. The van der Waals surface area contributed by atoms with Crippen molar-refractivity contribution in [3.8, 4) is 5.75 Å². The first-order valence-corrected chi connectivity index (χ1v) is 6.46. The van der Waals surface area contributed by atoms with Gasteiger partial charge in [0.25, 0.3) is 0 Å². The Morgan fingerprint density at radius 1 is 1.41 bits per heavy atom. The van der Waals surface area contributed by atoms with Crippen LogP contribution in [0.2, 0.25) is 5.02 Å². The number of aryl methyl sites for hydroxylation is 1. The molecular formula is C12H12BrClN2O. The highest BCUT2D eigenvalue weighted by Gasteiger charge is 2.06. The average molecular weight is 316 g/mol. The number of hydrogen-bond acceptors (Lipinski definition) is 2. The zero-order chi connectivity index (χ0) is 12.3. The van der Waals surface area contributed by atoms with E-state index in [1.165, 1.54) is 0 Å². The summed E-state index contributed by atoms with van der Waals surface area (Å²) in [4.78, 5) is 4.34. The topological polar surface area (TPSA) is 27.1 Å². The minimum atomic E-state index is 0.412. The van der Waals surface area contributed by atoms with Crippen molar-refractivity contribution in [2.45, 2.75) is 20.1 Å². The molecule has 1 heterocycles. The number of nitrogens with zero attached hydrogens (tertiary/aromatic N) is 2. The van der Waals surface area contributed by atoms with Crippen LogP contribution in [0.1, 0.15) is 12.6 Å². The lowest BCUT2D eigenvalue weighted by Crippen LogP contribution is -1.96. The highest BCUT2D eigenvalue weighted by molar-refractivity contribution is 9.10. The summed E-state index contributed by atoms with van der Waals surface area (Å²) in [7, 11) is 0. The number of aromatic nitrogens is 2. The van der Waals surface area contributed by atoms with Gasteiger partial charge in [0.15, 0.2) is 4.73 Å². The van der Waals surface area contributed by atoms with Crippen LogP contribution in [0.25, 0.3) is 0 Å². The summed E-state index contributed by atoms with van der Waals surface area (Å²) in [5.74, 6) is 0.677. The zero-order valence-electron chi connectivity index (χ0n) is 9.36. The second-order valence-corrected chi connectivity index (χ2v) is 4.62. The third-order valence-corrected chi connectivity index (χ3v) is 3.28. The third-order valence-electron chi connectivity index (χ3n) is 2.33. The SMILES string of the molecule is CCn1cc(COc2ccccc2Cl)nc1Br. The smallest absolute Gasteiger partial charge is 0.177 e. The van der Waals surface area contributed by atoms with Gasteiger partial charge in [0.2, 0.25) is 0 Å². The van der Waals surface area contributed by atoms with E-state index in [1.54, 1.807) is 6.07 Å². The quantitative estimate of drug-likeness (QED) is 0.855. The van der Waals surface area contributed by atoms with E-state index in [9.17, 15) is 0 Å². The molecule has 90 valence electrons. The molecular weight excluding hydrogens is 304 g/mol. The van der Waals surface area contributed by atoms with Crippen LogP contribution in [0.5, 0.6) is 5.75 Å². The molecule has 0 aliphatic carbocycles. The van der Waals surface area contributed by atoms with Crippen molar-refractivity contribution >= 4 is 27.5 Å². The van der Waals surface area contributed by atoms with Gasteiger partial charge < -0.3 is 9.30 Å². The Labute approximate surface area is 114 Å². The van der Waals surface area contributed by atoms with E-state index >= 15 is 0 Å². The van der Waals surface area contributed by atoms with E-state index in [2.05, 4.69) is 27.8 Å². The predicted octanol–water partition coefficient (Wildman–Crippen LogP) is 3.90. The van der Waals surface area contributed by atoms with Crippen LogP contribution < -0.4 is 4.74 Å². The van der Waals surface area contributed by atoms with Crippen LogP contribution in [-0.4, -0.2) is 9.55 Å². The number of benzene rings is 1. The number of ether oxygens (including phenoxy) is 1. The Balaban J connectivity index is 2.05. The molecule has 0 saturated heterocycles. The first kappa shape index (κ1) is 12.5. The first-order chi connectivity index (χ1) is 8.20. The number of rotatable bonds is 4. The molecule has 0 bridgehead atoms. The summed E-state index contributed by atoms with van der Waals surface area (Å²) in [6, 6.07) is 7.41. The lowest BCUT2D eigenvalue weighted by Gasteiger charge is -2.05. The summed E-state index contributed by atoms with van der Waals surface area (Å²) >= 11 is 9.38. The minimum Gasteiger partial charge on any atom is -0.486 e. The molecule has 0 aliphatic heterocycles. The van der Waals surface area contributed by atoms with Crippen LogP contribution in [-0.2, 0) is 13.2 Å². The molecule has 0 aliphatic rings. The lowest BCUT2D eigenvalue weighted by atomic mass is 10.3. The van der Waals surface area contributed by atoms with Crippen molar-refractivity contribution in [2.75, 3.05) is 0 Å². The van der Waals surface area contributed by atoms with Gasteiger partial charge in [0.05, 0.1) is 10.7 Å². The van der Waals surface area contributed by atoms with Gasteiger partial charge in [0.1, 0.15) is 12.4 Å². The normalized spacial score (nSPS) is 10.5. The number of imidazole rings is 1. The van der Waals surface area contributed by atoms with E-state index in [-0.39, 0.29) is 0 Å². The van der Waals surface area contributed by atoms with Crippen molar-refractivity contribution in [2.24, 2.45) is 0 Å². The van der Waals surface area contributed by atoms with E-state index in [0.29, 0.717) is 17.4 Å². The van der Waals surface area contributed by atoms with Gasteiger partial charge in [-0.25, -0.2) is 4.98 Å². The van der Waals surface area contributed by atoms with Crippen molar-refractivity contribution in [3.05, 3.63) is 45.9 Å². The third kappa shape index (κ3) is 3.01. The maximum absolute atomic E-state index is 5.99. The maximum Gasteiger partial charge on any atom is 0.177 e. The van der Waals surface area contributed by atoms with E-state index in [0.717, 1.165) is 17.0 Å². The highest BCUT2D eigenvalue weighted by atomic mass is 79.9. The summed E-state index contributed by atoms with van der Waals surface area (Å²) in [6.45, 7) is 3.35. The molecule has 5 heteroatoms. The fraction of sp³-hybridized carbons (Fsp3) is 0.250. The molecule has 0 fully saturated rings. The van der Waals surface area contributed by atoms with Gasteiger partial charge in [-0.3, -0.25) is 0 Å². The Kier molecular flexibility index (Phi) is 4.07. The van der Waals surface area contributed by atoms with Gasteiger partial charge >= 0.3 is 0 Å². The molecule has 2 aromatic rings. The van der Waals surface area contributed by atoms with E-state index in [4.69, 9.17) is 16.3 Å². The summed E-state index contributed by atoms with van der Waals surface area (Å²) in [6.07, 6.45) is 1.96. The molecule has 1 aromatic carbocycles. The Bertz CT molecular complexity index is 513. The molecule has 0 atom stereocenters. The Hall–Kier alpha value is -1.00. The van der Waals surface area contributed by atoms with E-state index in [1.807, 2.05) is 29.0 Å². The first-order valence-electron chi connectivity index (χ1n) is 5.29. The largest absolute Gasteiger partial charge is 0.486 e. The molecule has 0 saturated carbocycles. The van der Waals surface area contributed by atoms with Crippen LogP contribution >= 0.6 is 27.5 Å². The molecule has 3 nitrogen and oxygen atoms in total. The van der Waals surface area contributed by atoms with Crippen molar-refractivity contribution < 1.29 is 4.74 Å². The van der Waals surface area contributed by atoms with Crippen molar-refractivity contribution in [1.29, 1.82) is 0 Å². The number of para-hydroxylation sites is 1. The number of hydrogen-bond donors (Lipinski definition) is 0. The Morgan fingerprint density at radius 2 is 2.18 bits per heavy atom. The molecule has 2 rings (SSSR count). The molecule has 0 spiro atoms. The molecule has 0 unspecified atom stereocenters. The fourth-order valence-electron chi connectivity index (χ4n) is 1.45. The predicted molar refractivity (Wildman–Crippen MR) is 71.4 cm³/mol. The van der Waals surface area contributed by atoms with Gasteiger partial charge in [-0.05, 0) is 35.0 Å². The van der Waals surface area contributed by atoms with Crippen molar-refractivity contribution in [3.63, 3.8) is 0 Å². The van der Waals surface area contributed by atoms with Crippen molar-refractivity contribution in [1.82, 2.24) is 9.55 Å². The standard InChI is InChI=1S/C12H12BrClN2O/c1-2-16-7-9(15-12(16)13)8-17-11-6-4-3-5-10(11)14/h3-7H,2,8H2,1H3.